The van der Waals surface area contributed by atoms with E-state index >= 15 is 0 Å². The van der Waals surface area contributed by atoms with Crippen LogP contribution in [-0.4, -0.2) is 29.1 Å². The summed E-state index contributed by atoms with van der Waals surface area (Å²) in [6.45, 7) is 0.969. The van der Waals surface area contributed by atoms with Gasteiger partial charge in [-0.1, -0.05) is 23.2 Å². The number of carbonyl (C=O) groups excluding carboxylic acids is 1. The number of urea groups is 1. The number of carbonyl (C=O) groups is 1. The largest absolute Gasteiger partial charge is 0.367 e. The third-order valence-corrected chi connectivity index (χ3v) is 3.20. The lowest BCUT2D eigenvalue weighted by atomic mass is 10.3. The van der Waals surface area contributed by atoms with Crippen molar-refractivity contribution < 1.29 is 4.79 Å². The Morgan fingerprint density at radius 1 is 1.14 bits per heavy atom. The maximum absolute atomic E-state index is 11.7. The first-order valence-corrected chi connectivity index (χ1v) is 6.90. The average molecular weight is 326 g/mol. The fraction of sp³-hybridized carbons (Fsp3) is 0.154. The van der Waals surface area contributed by atoms with Crippen molar-refractivity contribution in [1.82, 2.24) is 15.3 Å². The normalized spacial score (nSPS) is 10.0. The summed E-state index contributed by atoms with van der Waals surface area (Å²) in [5, 5.41) is 9.21. The molecule has 110 valence electrons. The van der Waals surface area contributed by atoms with Crippen molar-refractivity contribution in [3.8, 4) is 0 Å². The highest BCUT2D eigenvalue weighted by Gasteiger charge is 2.03. The minimum Gasteiger partial charge on any atom is -0.367 e. The van der Waals surface area contributed by atoms with Crippen molar-refractivity contribution in [1.29, 1.82) is 0 Å². The highest BCUT2D eigenvalue weighted by Crippen LogP contribution is 2.24. The summed E-state index contributed by atoms with van der Waals surface area (Å²) in [7, 11) is 0. The molecule has 0 aliphatic rings. The molecule has 0 fully saturated rings. The molecule has 21 heavy (non-hydrogen) atoms. The molecule has 2 rings (SSSR count). The number of halogens is 2. The summed E-state index contributed by atoms with van der Waals surface area (Å²) in [5.41, 5.74) is 0.573. The van der Waals surface area contributed by atoms with Gasteiger partial charge in [-0.2, -0.15) is 0 Å². The second-order valence-corrected chi connectivity index (χ2v) is 4.84. The number of rotatable bonds is 5. The quantitative estimate of drug-likeness (QED) is 0.738. The maximum atomic E-state index is 11.7. The van der Waals surface area contributed by atoms with Gasteiger partial charge in [0.05, 0.1) is 16.2 Å². The average Bonchev–Trinajstić information content (AvgIpc) is 2.49. The van der Waals surface area contributed by atoms with E-state index in [1.54, 1.807) is 36.8 Å². The highest BCUT2D eigenvalue weighted by atomic mass is 35.5. The fourth-order valence-corrected chi connectivity index (χ4v) is 1.80. The molecule has 0 spiro atoms. The van der Waals surface area contributed by atoms with Crippen LogP contribution in [-0.2, 0) is 0 Å². The van der Waals surface area contributed by atoms with Gasteiger partial charge in [0.2, 0.25) is 0 Å². The van der Waals surface area contributed by atoms with Crippen LogP contribution in [0.15, 0.2) is 36.8 Å². The molecule has 3 N–H and O–H groups in total. The number of hydrogen-bond acceptors (Lipinski definition) is 4. The number of nitrogens with zero attached hydrogens (tertiary/aromatic N) is 2. The Hall–Kier alpha value is -2.05. The summed E-state index contributed by atoms with van der Waals surface area (Å²) in [6.07, 6.45) is 4.79. The van der Waals surface area contributed by atoms with Crippen molar-refractivity contribution in [3.05, 3.63) is 46.8 Å². The third-order valence-electron chi connectivity index (χ3n) is 2.46. The van der Waals surface area contributed by atoms with Crippen molar-refractivity contribution in [3.63, 3.8) is 0 Å². The Morgan fingerprint density at radius 2 is 2.00 bits per heavy atom. The molecule has 0 radical (unpaired) electrons. The number of aromatic nitrogens is 2. The molecule has 0 atom stereocenters. The molecule has 0 unspecified atom stereocenters. The second-order valence-electron chi connectivity index (χ2n) is 4.03. The van der Waals surface area contributed by atoms with E-state index in [4.69, 9.17) is 23.2 Å². The molecule has 0 aliphatic carbocycles. The predicted octanol–water partition coefficient (Wildman–Crippen LogP) is 3.02. The van der Waals surface area contributed by atoms with Gasteiger partial charge >= 0.3 is 6.03 Å². The van der Waals surface area contributed by atoms with Gasteiger partial charge in [0.25, 0.3) is 0 Å². The molecule has 2 aromatic rings. The van der Waals surface area contributed by atoms with Crippen LogP contribution in [0, 0.1) is 0 Å². The van der Waals surface area contributed by atoms with Crippen LogP contribution in [0.2, 0.25) is 10.0 Å². The van der Waals surface area contributed by atoms with Crippen LogP contribution >= 0.6 is 23.2 Å². The molecule has 8 heteroatoms. The van der Waals surface area contributed by atoms with E-state index in [0.717, 1.165) is 0 Å². The molecule has 1 aromatic heterocycles. The number of amides is 2. The summed E-state index contributed by atoms with van der Waals surface area (Å²) in [5.74, 6) is 0.657. The van der Waals surface area contributed by atoms with Crippen molar-refractivity contribution >= 4 is 40.7 Å². The smallest absolute Gasteiger partial charge is 0.319 e. The summed E-state index contributed by atoms with van der Waals surface area (Å²) < 4.78 is 0. The maximum Gasteiger partial charge on any atom is 0.319 e. The molecule has 6 nitrogen and oxygen atoms in total. The van der Waals surface area contributed by atoms with E-state index < -0.39 is 0 Å². The predicted molar refractivity (Wildman–Crippen MR) is 84.0 cm³/mol. The van der Waals surface area contributed by atoms with Crippen molar-refractivity contribution in [2.24, 2.45) is 0 Å². The second kappa shape index (κ2) is 7.66. The summed E-state index contributed by atoms with van der Waals surface area (Å²) >= 11 is 11.7. The highest BCUT2D eigenvalue weighted by molar-refractivity contribution is 6.42. The topological polar surface area (TPSA) is 78.9 Å². The molecule has 0 bridgehead atoms. The number of nitrogens with one attached hydrogen (secondary N) is 3. The van der Waals surface area contributed by atoms with Gasteiger partial charge in [-0.05, 0) is 18.2 Å². The third kappa shape index (κ3) is 5.09. The monoisotopic (exact) mass is 325 g/mol. The van der Waals surface area contributed by atoms with Crippen LogP contribution in [0.25, 0.3) is 0 Å². The Morgan fingerprint density at radius 3 is 2.71 bits per heavy atom. The standard InChI is InChI=1S/C13H13Cl2N5O/c14-10-2-1-9(7-11(10)15)20-13(21)19-6-5-18-12-8-16-3-4-17-12/h1-4,7-8H,5-6H2,(H,17,18)(H2,19,20,21). The number of hydrogen-bond donors (Lipinski definition) is 3. The van der Waals surface area contributed by atoms with Crippen LogP contribution < -0.4 is 16.0 Å². The van der Waals surface area contributed by atoms with E-state index in [1.165, 1.54) is 0 Å². The summed E-state index contributed by atoms with van der Waals surface area (Å²) in [6, 6.07) is 4.55. The minimum absolute atomic E-state index is 0.325. The van der Waals surface area contributed by atoms with Gasteiger partial charge in [-0.3, -0.25) is 4.98 Å². The van der Waals surface area contributed by atoms with Crippen LogP contribution in [0.3, 0.4) is 0 Å². The first-order chi connectivity index (χ1) is 10.1. The zero-order valence-electron chi connectivity index (χ0n) is 10.9. The van der Waals surface area contributed by atoms with Gasteiger partial charge in [0, 0.05) is 31.2 Å². The van der Waals surface area contributed by atoms with E-state index in [-0.39, 0.29) is 6.03 Å². The molecular weight excluding hydrogens is 313 g/mol. The van der Waals surface area contributed by atoms with E-state index in [0.29, 0.717) is 34.6 Å². The minimum atomic E-state index is -0.325. The molecule has 0 aliphatic heterocycles. The Balaban J connectivity index is 1.71. The van der Waals surface area contributed by atoms with Gasteiger partial charge in [0.1, 0.15) is 5.82 Å². The van der Waals surface area contributed by atoms with Gasteiger partial charge < -0.3 is 16.0 Å². The van der Waals surface area contributed by atoms with Crippen molar-refractivity contribution in [2.75, 3.05) is 23.7 Å². The summed E-state index contributed by atoms with van der Waals surface area (Å²) in [4.78, 5) is 19.6. The van der Waals surface area contributed by atoms with Gasteiger partial charge in [-0.15, -0.1) is 0 Å². The SMILES string of the molecule is O=C(NCCNc1cnccn1)Nc1ccc(Cl)c(Cl)c1. The fourth-order valence-electron chi connectivity index (χ4n) is 1.51. The van der Waals surface area contributed by atoms with E-state index in [1.807, 2.05) is 0 Å². The zero-order valence-corrected chi connectivity index (χ0v) is 12.4. The number of benzene rings is 1. The lowest BCUT2D eigenvalue weighted by Crippen LogP contribution is -2.32. The Bertz CT molecular complexity index is 609. The molecule has 0 saturated heterocycles. The molecule has 0 saturated carbocycles. The van der Waals surface area contributed by atoms with Gasteiger partial charge in [0.15, 0.2) is 0 Å². The Labute approximate surface area is 131 Å². The van der Waals surface area contributed by atoms with E-state index in [9.17, 15) is 4.79 Å². The lowest BCUT2D eigenvalue weighted by molar-refractivity contribution is 0.252. The molecule has 2 amide bonds. The Kier molecular flexibility index (Phi) is 5.59. The lowest BCUT2D eigenvalue weighted by Gasteiger charge is -2.09. The zero-order chi connectivity index (χ0) is 15.1. The first-order valence-electron chi connectivity index (χ1n) is 6.15. The molecular formula is C13H13Cl2N5O. The van der Waals surface area contributed by atoms with Crippen LogP contribution in [0.4, 0.5) is 16.3 Å². The van der Waals surface area contributed by atoms with E-state index in [2.05, 4.69) is 25.9 Å². The first kappa shape index (κ1) is 15.3. The van der Waals surface area contributed by atoms with Crippen LogP contribution in [0.5, 0.6) is 0 Å². The van der Waals surface area contributed by atoms with Crippen LogP contribution in [0.1, 0.15) is 0 Å². The molecule has 1 aromatic carbocycles. The molecule has 1 heterocycles. The van der Waals surface area contributed by atoms with Gasteiger partial charge in [-0.25, -0.2) is 9.78 Å². The van der Waals surface area contributed by atoms with Crippen molar-refractivity contribution in [2.45, 2.75) is 0 Å². The number of anilines is 2.